The number of sulfonamides is 1. The molecule has 2 aromatic carbocycles. The molecule has 0 aliphatic heterocycles. The molecule has 0 fully saturated rings. The molecule has 3 rings (SSSR count). The Morgan fingerprint density at radius 3 is 2.26 bits per heavy atom. The molecule has 1 aromatic heterocycles. The van der Waals surface area contributed by atoms with Gasteiger partial charge in [0.1, 0.15) is 18.2 Å². The molecule has 0 aliphatic carbocycles. The van der Waals surface area contributed by atoms with Crippen molar-refractivity contribution >= 4 is 33.4 Å². The first-order chi connectivity index (χ1) is 16.4. The van der Waals surface area contributed by atoms with Gasteiger partial charge in [0.2, 0.25) is 0 Å². The van der Waals surface area contributed by atoms with Gasteiger partial charge in [-0.15, -0.1) is 0 Å². The number of carbonyl (C=O) groups excluding carboxylic acids is 1. The third kappa shape index (κ3) is 6.20. The van der Waals surface area contributed by atoms with Crippen molar-refractivity contribution in [1.82, 2.24) is 4.98 Å². The topological polar surface area (TPSA) is 85.8 Å². The summed E-state index contributed by atoms with van der Waals surface area (Å²) in [6.07, 6.45) is -4.28. The number of nitrogens with zero attached hydrogens (tertiary/aromatic N) is 2. The van der Waals surface area contributed by atoms with Crippen LogP contribution in [0.1, 0.15) is 15.9 Å². The van der Waals surface area contributed by atoms with E-state index in [-0.39, 0.29) is 22.8 Å². The number of aromatic nitrogens is 1. The largest absolute Gasteiger partial charge is 0.492 e. The van der Waals surface area contributed by atoms with E-state index in [4.69, 9.17) is 16.3 Å². The number of esters is 1. The van der Waals surface area contributed by atoms with Crippen molar-refractivity contribution < 1.29 is 40.2 Å². The van der Waals surface area contributed by atoms with E-state index in [0.29, 0.717) is 16.6 Å². The molecule has 186 valence electrons. The number of hydrogen-bond donors (Lipinski definition) is 0. The first kappa shape index (κ1) is 26.2. The average molecular weight is 533 g/mol. The number of halogens is 5. The van der Waals surface area contributed by atoms with Crippen LogP contribution in [0.15, 0.2) is 65.7 Å². The summed E-state index contributed by atoms with van der Waals surface area (Å²) >= 11 is 6.01. The van der Waals surface area contributed by atoms with E-state index in [1.807, 2.05) is 0 Å². The lowest BCUT2D eigenvalue weighted by atomic mass is 10.2. The second kappa shape index (κ2) is 10.5. The van der Waals surface area contributed by atoms with E-state index in [1.54, 1.807) is 0 Å². The Morgan fingerprint density at radius 1 is 1.09 bits per heavy atom. The van der Waals surface area contributed by atoms with Gasteiger partial charge in [0.15, 0.2) is 5.82 Å². The molecule has 0 aliphatic rings. The van der Waals surface area contributed by atoms with Gasteiger partial charge in [-0.3, -0.25) is 0 Å². The van der Waals surface area contributed by atoms with Crippen molar-refractivity contribution in [2.75, 3.05) is 24.6 Å². The highest BCUT2D eigenvalue weighted by Gasteiger charge is 2.34. The zero-order valence-electron chi connectivity index (χ0n) is 17.9. The molecule has 0 N–H and O–H groups in total. The maximum Gasteiger partial charge on any atom is 0.417 e. The first-order valence-corrected chi connectivity index (χ1v) is 11.6. The van der Waals surface area contributed by atoms with Crippen LogP contribution < -0.4 is 9.04 Å². The number of carbonyl (C=O) groups is 1. The summed E-state index contributed by atoms with van der Waals surface area (Å²) in [5, 5.41) is -0.559. The van der Waals surface area contributed by atoms with Crippen molar-refractivity contribution in [3.05, 3.63) is 82.8 Å². The number of hydrogen-bond acceptors (Lipinski definition) is 6. The third-order valence-corrected chi connectivity index (χ3v) is 6.71. The molecule has 7 nitrogen and oxygen atoms in total. The highest BCUT2D eigenvalue weighted by molar-refractivity contribution is 7.92. The van der Waals surface area contributed by atoms with Crippen LogP contribution in [0, 0.1) is 5.82 Å². The van der Waals surface area contributed by atoms with Gasteiger partial charge in [0.25, 0.3) is 10.0 Å². The van der Waals surface area contributed by atoms with Gasteiger partial charge in [-0.05, 0) is 54.6 Å². The summed E-state index contributed by atoms with van der Waals surface area (Å²) in [7, 11) is -3.26. The predicted molar refractivity (Wildman–Crippen MR) is 118 cm³/mol. The quantitative estimate of drug-likeness (QED) is 0.301. The van der Waals surface area contributed by atoms with Gasteiger partial charge < -0.3 is 9.47 Å². The lowest BCUT2D eigenvalue weighted by Gasteiger charge is -2.25. The molecule has 0 saturated carbocycles. The lowest BCUT2D eigenvalue weighted by Crippen LogP contribution is -2.35. The van der Waals surface area contributed by atoms with E-state index >= 15 is 0 Å². The summed E-state index contributed by atoms with van der Waals surface area (Å²) in [6, 6.07) is 10.2. The molecular weight excluding hydrogens is 516 g/mol. The fourth-order valence-electron chi connectivity index (χ4n) is 2.89. The number of pyridine rings is 1. The monoisotopic (exact) mass is 532 g/mol. The highest BCUT2D eigenvalue weighted by Crippen LogP contribution is 2.35. The van der Waals surface area contributed by atoms with Crippen LogP contribution in [0.3, 0.4) is 0 Å². The average Bonchev–Trinajstić information content (AvgIpc) is 2.82. The maximum absolute atomic E-state index is 13.4. The van der Waals surface area contributed by atoms with Crippen LogP contribution in [0.5, 0.6) is 5.75 Å². The van der Waals surface area contributed by atoms with Crippen LogP contribution in [0.25, 0.3) is 0 Å². The third-order valence-electron chi connectivity index (χ3n) is 4.63. The van der Waals surface area contributed by atoms with Crippen LogP contribution in [0.4, 0.5) is 23.4 Å². The van der Waals surface area contributed by atoms with Crippen LogP contribution in [-0.2, 0) is 20.9 Å². The molecule has 35 heavy (non-hydrogen) atoms. The van der Waals surface area contributed by atoms with E-state index in [1.165, 1.54) is 24.3 Å². The molecule has 0 saturated heterocycles. The molecule has 0 spiro atoms. The highest BCUT2D eigenvalue weighted by atomic mass is 35.5. The number of ether oxygens (including phenoxy) is 2. The van der Waals surface area contributed by atoms with Gasteiger partial charge in [-0.25, -0.2) is 26.9 Å². The second-order valence-electron chi connectivity index (χ2n) is 6.92. The molecule has 0 unspecified atom stereocenters. The summed E-state index contributed by atoms with van der Waals surface area (Å²) in [5.41, 5.74) is -1.07. The minimum atomic E-state index is -4.74. The van der Waals surface area contributed by atoms with Crippen molar-refractivity contribution in [1.29, 1.82) is 0 Å². The standard InChI is InChI=1S/C22H17ClF4N2O5S/c1-33-21(30)14-2-8-18(9-3-14)35(31,32)29(10-11-34-17-6-4-16(24)5-7-17)20-19(23)12-15(13-28-20)22(25,26)27/h2-9,12-13H,10-11H2,1H3. The minimum Gasteiger partial charge on any atom is -0.492 e. The van der Waals surface area contributed by atoms with Crippen LogP contribution >= 0.6 is 11.6 Å². The Morgan fingerprint density at radius 2 is 1.71 bits per heavy atom. The number of alkyl halides is 3. The Hall–Kier alpha value is -3.38. The second-order valence-corrected chi connectivity index (χ2v) is 9.19. The Balaban J connectivity index is 1.96. The maximum atomic E-state index is 13.4. The van der Waals surface area contributed by atoms with Crippen molar-refractivity contribution in [2.24, 2.45) is 0 Å². The lowest BCUT2D eigenvalue weighted by molar-refractivity contribution is -0.137. The number of benzene rings is 2. The SMILES string of the molecule is COC(=O)c1ccc(S(=O)(=O)N(CCOc2ccc(F)cc2)c2ncc(C(F)(F)F)cc2Cl)cc1. The zero-order valence-corrected chi connectivity index (χ0v) is 19.5. The molecular formula is C22H17ClF4N2O5S. The van der Waals surface area contributed by atoms with Gasteiger partial charge in [-0.1, -0.05) is 11.6 Å². The van der Waals surface area contributed by atoms with Gasteiger partial charge in [-0.2, -0.15) is 13.2 Å². The summed E-state index contributed by atoms with van der Waals surface area (Å²) in [4.78, 5) is 15.0. The molecule has 1 heterocycles. The van der Waals surface area contributed by atoms with Crippen LogP contribution in [0.2, 0.25) is 5.02 Å². The molecule has 0 amide bonds. The first-order valence-electron chi connectivity index (χ1n) is 9.75. The summed E-state index contributed by atoms with van der Waals surface area (Å²) in [5.74, 6) is -1.42. The fraction of sp³-hybridized carbons (Fsp3) is 0.182. The van der Waals surface area contributed by atoms with Gasteiger partial charge in [0.05, 0.1) is 34.7 Å². The summed E-state index contributed by atoms with van der Waals surface area (Å²) < 4.78 is 89.7. The Bertz CT molecular complexity index is 1300. The van der Waals surface area contributed by atoms with Crippen molar-refractivity contribution in [3.63, 3.8) is 0 Å². The van der Waals surface area contributed by atoms with E-state index in [0.717, 1.165) is 31.4 Å². The fourth-order valence-corrected chi connectivity index (χ4v) is 4.64. The summed E-state index contributed by atoms with van der Waals surface area (Å²) in [6.45, 7) is -0.680. The van der Waals surface area contributed by atoms with Crippen molar-refractivity contribution in [2.45, 2.75) is 11.1 Å². The smallest absolute Gasteiger partial charge is 0.417 e. The normalized spacial score (nSPS) is 11.7. The number of methoxy groups -OCH3 is 1. The molecule has 0 radical (unpaired) electrons. The molecule has 3 aromatic rings. The number of anilines is 1. The molecule has 0 bridgehead atoms. The molecule has 0 atom stereocenters. The Labute approximate surface area is 202 Å². The number of rotatable bonds is 8. The minimum absolute atomic E-state index is 0.0864. The van der Waals surface area contributed by atoms with Gasteiger partial charge in [0, 0.05) is 6.20 Å². The van der Waals surface area contributed by atoms with Gasteiger partial charge >= 0.3 is 12.1 Å². The van der Waals surface area contributed by atoms with Crippen LogP contribution in [-0.4, -0.2) is 39.6 Å². The van der Waals surface area contributed by atoms with E-state index in [2.05, 4.69) is 9.72 Å². The zero-order chi connectivity index (χ0) is 25.8. The van der Waals surface area contributed by atoms with E-state index < -0.39 is 50.9 Å². The predicted octanol–water partition coefficient (Wildman–Crippen LogP) is 4.95. The molecule has 13 heteroatoms. The van der Waals surface area contributed by atoms with Crippen molar-refractivity contribution in [3.8, 4) is 5.75 Å². The van der Waals surface area contributed by atoms with E-state index in [9.17, 15) is 30.8 Å². The Kier molecular flexibility index (Phi) is 7.86.